The van der Waals surface area contributed by atoms with Gasteiger partial charge in [0.2, 0.25) is 0 Å². The first-order chi connectivity index (χ1) is 9.24. The minimum Gasteiger partial charge on any atom is -0.0843 e. The maximum absolute atomic E-state index is 5.81. The number of hydrogen-bond donors (Lipinski definition) is 0. The minimum atomic E-state index is 0.712. The quantitative estimate of drug-likeness (QED) is 0.437. The third-order valence-corrected chi connectivity index (χ3v) is 3.03. The van der Waals surface area contributed by atoms with Crippen LogP contribution in [0.25, 0.3) is 0 Å². The van der Waals surface area contributed by atoms with E-state index in [1.807, 2.05) is 37.3 Å². The summed E-state index contributed by atoms with van der Waals surface area (Å²) in [5, 5.41) is 4.90. The largest absolute Gasteiger partial charge is 0.316 e. The molecule has 0 unspecified atom stereocenters. The number of benzene rings is 2. The van der Waals surface area contributed by atoms with Crippen molar-refractivity contribution in [3.05, 3.63) is 65.2 Å². The van der Waals surface area contributed by atoms with Crippen LogP contribution < -0.4 is 0 Å². The summed E-state index contributed by atoms with van der Waals surface area (Å²) < 4.78 is 0. The van der Waals surface area contributed by atoms with E-state index in [0.717, 1.165) is 24.2 Å². The third-order valence-electron chi connectivity index (χ3n) is 2.78. The fourth-order valence-electron chi connectivity index (χ4n) is 1.67. The Labute approximate surface area is 118 Å². The van der Waals surface area contributed by atoms with E-state index < -0.39 is 0 Å². The van der Waals surface area contributed by atoms with E-state index >= 15 is 0 Å². The molecule has 0 saturated carbocycles. The Bertz CT molecular complexity index is 582. The van der Waals surface area contributed by atoms with E-state index in [4.69, 9.17) is 11.6 Å². The second kappa shape index (κ2) is 6.89. The molecular weight excluding hydrogens is 256 g/mol. The average molecular weight is 272 g/mol. The highest BCUT2D eigenvalue weighted by molar-refractivity contribution is 6.30. The normalized spacial score (nSPS) is 9.79. The Balaban J connectivity index is 1.97. The molecule has 0 aromatic heterocycles. The standard InChI is InChI=1S/C16H16ClN2/c1-13(7-8-14-5-3-2-4-6-14)18-19-16-11-9-15(17)10-12-16/h2-6,9-12H,7-8H2,1H3/q+1. The summed E-state index contributed by atoms with van der Waals surface area (Å²) >= 11 is 5.81. The molecule has 19 heavy (non-hydrogen) atoms. The van der Waals surface area contributed by atoms with Gasteiger partial charge in [-0.2, -0.15) is 0 Å². The molecule has 0 saturated heterocycles. The molecule has 0 atom stereocenters. The maximum Gasteiger partial charge on any atom is 0.316 e. The molecule has 96 valence electrons. The van der Waals surface area contributed by atoms with Gasteiger partial charge in [0.25, 0.3) is 0 Å². The van der Waals surface area contributed by atoms with Crippen molar-refractivity contribution in [1.82, 2.24) is 0 Å². The molecule has 2 rings (SSSR count). The summed E-state index contributed by atoms with van der Waals surface area (Å²) in [4.78, 5) is 4.24. The molecule has 0 aliphatic rings. The van der Waals surface area contributed by atoms with E-state index in [1.165, 1.54) is 5.56 Å². The van der Waals surface area contributed by atoms with Gasteiger partial charge in [-0.05, 0) is 36.2 Å². The van der Waals surface area contributed by atoms with Gasteiger partial charge in [0.15, 0.2) is 0 Å². The topological polar surface area (TPSA) is 26.5 Å². The third kappa shape index (κ3) is 4.70. The van der Waals surface area contributed by atoms with Crippen LogP contribution in [-0.4, -0.2) is 10.5 Å². The first-order valence-corrected chi connectivity index (χ1v) is 6.65. The van der Waals surface area contributed by atoms with Gasteiger partial charge < -0.3 is 0 Å². The fourth-order valence-corrected chi connectivity index (χ4v) is 1.80. The summed E-state index contributed by atoms with van der Waals surface area (Å²) in [5.41, 5.74) is 3.17. The van der Waals surface area contributed by atoms with Crippen molar-refractivity contribution < 1.29 is 4.79 Å². The highest BCUT2D eigenvalue weighted by Gasteiger charge is 2.04. The molecule has 0 aliphatic heterocycles. The van der Waals surface area contributed by atoms with Crippen molar-refractivity contribution in [3.8, 4) is 0 Å². The van der Waals surface area contributed by atoms with Crippen LogP contribution in [0.4, 0.5) is 5.69 Å². The number of halogens is 1. The Hall–Kier alpha value is -1.89. The lowest BCUT2D eigenvalue weighted by molar-refractivity contribution is -0.0805. The predicted octanol–water partition coefficient (Wildman–Crippen LogP) is 4.73. The zero-order valence-electron chi connectivity index (χ0n) is 10.9. The Morgan fingerprint density at radius 2 is 1.74 bits per heavy atom. The molecule has 3 heteroatoms. The van der Waals surface area contributed by atoms with Crippen LogP contribution in [0.15, 0.2) is 59.7 Å². The van der Waals surface area contributed by atoms with Crippen molar-refractivity contribution in [2.45, 2.75) is 19.8 Å². The summed E-state index contributed by atoms with van der Waals surface area (Å²) in [6.45, 7) is 2.00. The highest BCUT2D eigenvalue weighted by Crippen LogP contribution is 2.15. The van der Waals surface area contributed by atoms with Crippen molar-refractivity contribution in [1.29, 1.82) is 0 Å². The van der Waals surface area contributed by atoms with Crippen LogP contribution in [0.5, 0.6) is 0 Å². The molecule has 0 fully saturated rings. The van der Waals surface area contributed by atoms with Gasteiger partial charge in [-0.25, -0.2) is 0 Å². The van der Waals surface area contributed by atoms with Crippen LogP contribution in [0.1, 0.15) is 18.9 Å². The number of nitrogens with zero attached hydrogens (tertiary/aromatic N) is 2. The molecule has 0 radical (unpaired) electrons. The minimum absolute atomic E-state index is 0.712. The molecule has 2 aromatic carbocycles. The lowest BCUT2D eigenvalue weighted by Crippen LogP contribution is -1.96. The lowest BCUT2D eigenvalue weighted by Gasteiger charge is -1.94. The molecule has 0 N–H and O–H groups in total. The second-order valence-electron chi connectivity index (χ2n) is 4.40. The Morgan fingerprint density at radius 1 is 1.05 bits per heavy atom. The molecule has 0 bridgehead atoms. The molecule has 0 spiro atoms. The first-order valence-electron chi connectivity index (χ1n) is 6.28. The van der Waals surface area contributed by atoms with Gasteiger partial charge in [0.05, 0.1) is 11.2 Å². The highest BCUT2D eigenvalue weighted by atomic mass is 35.5. The molecule has 0 amide bonds. The first kappa shape index (κ1) is 13.5. The van der Waals surface area contributed by atoms with Crippen LogP contribution in [0.3, 0.4) is 0 Å². The van der Waals surface area contributed by atoms with Crippen molar-refractivity contribution in [2.24, 2.45) is 5.11 Å². The van der Waals surface area contributed by atoms with Crippen molar-refractivity contribution >= 4 is 23.0 Å². The molecule has 2 nitrogen and oxygen atoms in total. The molecule has 0 heterocycles. The van der Waals surface area contributed by atoms with Gasteiger partial charge in [0.1, 0.15) is 10.8 Å². The van der Waals surface area contributed by atoms with Crippen molar-refractivity contribution in [2.75, 3.05) is 0 Å². The number of hydrogen-bond acceptors (Lipinski definition) is 1. The fraction of sp³-hybridized carbons (Fsp3) is 0.188. The summed E-state index contributed by atoms with van der Waals surface area (Å²) in [5.74, 6) is 0. The number of rotatable bonds is 4. The summed E-state index contributed by atoms with van der Waals surface area (Å²) in [6, 6.07) is 17.7. The monoisotopic (exact) mass is 271 g/mol. The zero-order valence-corrected chi connectivity index (χ0v) is 11.6. The van der Waals surface area contributed by atoms with Gasteiger partial charge in [0, 0.05) is 11.9 Å². The summed E-state index contributed by atoms with van der Waals surface area (Å²) in [6.07, 6.45) is 1.91. The van der Waals surface area contributed by atoms with E-state index in [-0.39, 0.29) is 0 Å². The molecule has 0 aliphatic carbocycles. The smallest absolute Gasteiger partial charge is 0.0843 e. The Morgan fingerprint density at radius 3 is 2.42 bits per heavy atom. The van der Waals surface area contributed by atoms with Gasteiger partial charge in [-0.1, -0.05) is 41.9 Å². The molecule has 2 aromatic rings. The van der Waals surface area contributed by atoms with E-state index in [0.29, 0.717) is 5.02 Å². The van der Waals surface area contributed by atoms with Crippen LogP contribution in [0, 0.1) is 0 Å². The predicted molar refractivity (Wildman–Crippen MR) is 79.2 cm³/mol. The second-order valence-corrected chi connectivity index (χ2v) is 4.83. The SMILES string of the molecule is CC(CCc1ccccc1)=[N+]=Nc1ccc(Cl)cc1. The molecular formula is C16H16ClN2+. The maximum atomic E-state index is 5.81. The van der Waals surface area contributed by atoms with Gasteiger partial charge >= 0.3 is 5.71 Å². The van der Waals surface area contributed by atoms with E-state index in [1.54, 1.807) is 0 Å². The van der Waals surface area contributed by atoms with E-state index in [2.05, 4.69) is 34.2 Å². The lowest BCUT2D eigenvalue weighted by atomic mass is 10.1. The Kier molecular flexibility index (Phi) is 4.91. The van der Waals surface area contributed by atoms with Gasteiger partial charge in [-0.3, -0.25) is 0 Å². The van der Waals surface area contributed by atoms with Gasteiger partial charge in [-0.15, -0.1) is 0 Å². The van der Waals surface area contributed by atoms with Crippen molar-refractivity contribution in [3.63, 3.8) is 0 Å². The number of aryl methyl sites for hydroxylation is 1. The van der Waals surface area contributed by atoms with Crippen LogP contribution >= 0.6 is 11.6 Å². The summed E-state index contributed by atoms with van der Waals surface area (Å²) in [7, 11) is 0. The van der Waals surface area contributed by atoms with Crippen LogP contribution in [-0.2, 0) is 6.42 Å². The van der Waals surface area contributed by atoms with E-state index in [9.17, 15) is 0 Å². The van der Waals surface area contributed by atoms with Crippen LogP contribution in [0.2, 0.25) is 5.02 Å². The zero-order chi connectivity index (χ0) is 13.5. The average Bonchev–Trinajstić information content (AvgIpc) is 2.45.